The van der Waals surface area contributed by atoms with Gasteiger partial charge < -0.3 is 15.0 Å². The van der Waals surface area contributed by atoms with Gasteiger partial charge in [-0.3, -0.25) is 0 Å². The first kappa shape index (κ1) is 16.2. The maximum atomic E-state index is 13.2. The normalized spacial score (nSPS) is 21.4. The Morgan fingerprint density at radius 2 is 2.00 bits per heavy atom. The largest absolute Gasteiger partial charge is 0.382 e. The van der Waals surface area contributed by atoms with Gasteiger partial charge in [-0.25, -0.2) is 14.4 Å². The van der Waals surface area contributed by atoms with Crippen molar-refractivity contribution in [1.29, 1.82) is 0 Å². The number of rotatable bonds is 3. The number of pyridine rings is 1. The summed E-state index contributed by atoms with van der Waals surface area (Å²) in [6.07, 6.45) is 3.87. The fraction of sp³-hybridized carbons (Fsp3) is 0.368. The van der Waals surface area contributed by atoms with Crippen LogP contribution >= 0.6 is 0 Å². The van der Waals surface area contributed by atoms with Crippen molar-refractivity contribution in [2.24, 2.45) is 0 Å². The number of aliphatic hydroxyl groups is 1. The standard InChI is InChI=1S/C19H21FN4O/c20-15-6-4-14(5-7-15)13-24-16-3-1-11-22-17(16)23-18(24)19(25)8-2-10-21-12-9-19/h1,3-7,11,21,25H,2,8-10,12-13H2. The first-order chi connectivity index (χ1) is 12.2. The van der Waals surface area contributed by atoms with E-state index in [0.29, 0.717) is 30.9 Å². The van der Waals surface area contributed by atoms with Crippen molar-refractivity contribution in [3.05, 3.63) is 59.8 Å². The number of benzene rings is 1. The lowest BCUT2D eigenvalue weighted by Gasteiger charge is -2.26. The Labute approximate surface area is 145 Å². The molecule has 0 radical (unpaired) electrons. The molecule has 3 heterocycles. The molecule has 1 atom stereocenters. The predicted molar refractivity (Wildman–Crippen MR) is 93.6 cm³/mol. The number of nitrogens with zero attached hydrogens (tertiary/aromatic N) is 3. The van der Waals surface area contributed by atoms with Crippen molar-refractivity contribution in [1.82, 2.24) is 19.9 Å². The van der Waals surface area contributed by atoms with Crippen LogP contribution < -0.4 is 5.32 Å². The lowest BCUT2D eigenvalue weighted by Crippen LogP contribution is -2.31. The summed E-state index contributed by atoms with van der Waals surface area (Å²) in [5.41, 5.74) is 1.49. The maximum Gasteiger partial charge on any atom is 0.178 e. The molecular formula is C19H21FN4O. The molecule has 0 bridgehead atoms. The maximum absolute atomic E-state index is 13.2. The highest BCUT2D eigenvalue weighted by Gasteiger charge is 2.35. The fourth-order valence-electron chi connectivity index (χ4n) is 3.52. The van der Waals surface area contributed by atoms with E-state index >= 15 is 0 Å². The molecular weight excluding hydrogens is 319 g/mol. The Balaban J connectivity index is 1.81. The van der Waals surface area contributed by atoms with Crippen LogP contribution in [0.5, 0.6) is 0 Å². The van der Waals surface area contributed by atoms with Crippen LogP contribution in [-0.2, 0) is 12.1 Å². The summed E-state index contributed by atoms with van der Waals surface area (Å²) in [4.78, 5) is 9.01. The molecule has 25 heavy (non-hydrogen) atoms. The van der Waals surface area contributed by atoms with E-state index in [1.54, 1.807) is 18.3 Å². The predicted octanol–water partition coefficient (Wildman–Crippen LogP) is 2.58. The summed E-state index contributed by atoms with van der Waals surface area (Å²) in [5.74, 6) is 0.392. The Kier molecular flexibility index (Phi) is 4.23. The molecule has 4 rings (SSSR count). The van der Waals surface area contributed by atoms with Gasteiger partial charge in [-0.2, -0.15) is 0 Å². The smallest absolute Gasteiger partial charge is 0.178 e. The number of nitrogens with one attached hydrogen (secondary N) is 1. The Morgan fingerprint density at radius 1 is 1.16 bits per heavy atom. The van der Waals surface area contributed by atoms with Crippen molar-refractivity contribution < 1.29 is 9.50 Å². The van der Waals surface area contributed by atoms with Crippen molar-refractivity contribution in [3.63, 3.8) is 0 Å². The van der Waals surface area contributed by atoms with E-state index in [1.807, 2.05) is 16.7 Å². The molecule has 0 amide bonds. The van der Waals surface area contributed by atoms with Gasteiger partial charge in [0.25, 0.3) is 0 Å². The highest BCUT2D eigenvalue weighted by atomic mass is 19.1. The van der Waals surface area contributed by atoms with Crippen LogP contribution in [0.4, 0.5) is 4.39 Å². The van der Waals surface area contributed by atoms with Crippen LogP contribution in [0.25, 0.3) is 11.2 Å². The van der Waals surface area contributed by atoms with Gasteiger partial charge in [-0.1, -0.05) is 12.1 Å². The number of aromatic nitrogens is 3. The van der Waals surface area contributed by atoms with Crippen LogP contribution in [-0.4, -0.2) is 32.7 Å². The van der Waals surface area contributed by atoms with E-state index in [4.69, 9.17) is 0 Å². The summed E-state index contributed by atoms with van der Waals surface area (Å²) in [7, 11) is 0. The van der Waals surface area contributed by atoms with E-state index < -0.39 is 5.60 Å². The molecule has 130 valence electrons. The van der Waals surface area contributed by atoms with Gasteiger partial charge in [-0.05, 0) is 62.2 Å². The third-order valence-electron chi connectivity index (χ3n) is 4.85. The van der Waals surface area contributed by atoms with Gasteiger partial charge in [0.15, 0.2) is 5.65 Å². The quantitative estimate of drug-likeness (QED) is 0.769. The number of hydrogen-bond donors (Lipinski definition) is 2. The molecule has 1 fully saturated rings. The summed E-state index contributed by atoms with van der Waals surface area (Å²) in [6.45, 7) is 2.18. The monoisotopic (exact) mass is 340 g/mol. The number of hydrogen-bond acceptors (Lipinski definition) is 4. The third kappa shape index (κ3) is 3.15. The van der Waals surface area contributed by atoms with Crippen LogP contribution in [0.2, 0.25) is 0 Å². The summed E-state index contributed by atoms with van der Waals surface area (Å²) < 4.78 is 15.2. The molecule has 3 aromatic rings. The molecule has 6 heteroatoms. The Hall–Kier alpha value is -2.31. The molecule has 1 aliphatic rings. The molecule has 1 aliphatic heterocycles. The summed E-state index contributed by atoms with van der Waals surface area (Å²) in [5, 5.41) is 14.6. The highest BCUT2D eigenvalue weighted by Crippen LogP contribution is 2.33. The number of fused-ring (bicyclic) bond motifs is 1. The number of halogens is 1. The van der Waals surface area contributed by atoms with Crippen LogP contribution in [0.3, 0.4) is 0 Å². The molecule has 1 aromatic carbocycles. The molecule has 1 saturated heterocycles. The van der Waals surface area contributed by atoms with Crippen molar-refractivity contribution >= 4 is 11.2 Å². The van der Waals surface area contributed by atoms with Gasteiger partial charge >= 0.3 is 0 Å². The molecule has 0 spiro atoms. The van der Waals surface area contributed by atoms with Gasteiger partial charge in [0.1, 0.15) is 17.2 Å². The minimum Gasteiger partial charge on any atom is -0.382 e. The number of imidazole rings is 1. The second kappa shape index (κ2) is 6.54. The molecule has 2 N–H and O–H groups in total. The van der Waals surface area contributed by atoms with E-state index in [9.17, 15) is 9.50 Å². The lowest BCUT2D eigenvalue weighted by molar-refractivity contribution is 0.0125. The topological polar surface area (TPSA) is 63.0 Å². The SMILES string of the molecule is OC1(c2nc3ncccc3n2Cc2ccc(F)cc2)CCCNCC1. The van der Waals surface area contributed by atoms with Crippen LogP contribution in [0, 0.1) is 5.82 Å². The minimum absolute atomic E-state index is 0.255. The van der Waals surface area contributed by atoms with Crippen molar-refractivity contribution in [3.8, 4) is 0 Å². The van der Waals surface area contributed by atoms with E-state index in [-0.39, 0.29) is 5.82 Å². The molecule has 1 unspecified atom stereocenters. The first-order valence-electron chi connectivity index (χ1n) is 8.65. The van der Waals surface area contributed by atoms with Gasteiger partial charge in [-0.15, -0.1) is 0 Å². The average molecular weight is 340 g/mol. The van der Waals surface area contributed by atoms with Gasteiger partial charge in [0, 0.05) is 12.7 Å². The van der Waals surface area contributed by atoms with E-state index in [2.05, 4.69) is 15.3 Å². The highest BCUT2D eigenvalue weighted by molar-refractivity contribution is 5.71. The molecule has 0 aliphatic carbocycles. The van der Waals surface area contributed by atoms with Gasteiger partial charge in [0.2, 0.25) is 0 Å². The second-order valence-electron chi connectivity index (χ2n) is 6.63. The molecule has 5 nitrogen and oxygen atoms in total. The second-order valence-corrected chi connectivity index (χ2v) is 6.63. The van der Waals surface area contributed by atoms with Crippen LogP contribution in [0.1, 0.15) is 30.7 Å². The summed E-state index contributed by atoms with van der Waals surface area (Å²) >= 11 is 0. The van der Waals surface area contributed by atoms with E-state index in [0.717, 1.165) is 30.6 Å². The van der Waals surface area contributed by atoms with Crippen molar-refractivity contribution in [2.75, 3.05) is 13.1 Å². The first-order valence-corrected chi connectivity index (χ1v) is 8.65. The minimum atomic E-state index is -0.982. The zero-order valence-corrected chi connectivity index (χ0v) is 14.0. The average Bonchev–Trinajstić information content (AvgIpc) is 2.84. The zero-order chi connectivity index (χ0) is 17.3. The van der Waals surface area contributed by atoms with E-state index in [1.165, 1.54) is 12.1 Å². The third-order valence-corrected chi connectivity index (χ3v) is 4.85. The lowest BCUT2D eigenvalue weighted by atomic mass is 9.93. The zero-order valence-electron chi connectivity index (χ0n) is 14.0. The summed E-state index contributed by atoms with van der Waals surface area (Å²) in [6, 6.07) is 10.3. The van der Waals surface area contributed by atoms with Crippen LogP contribution in [0.15, 0.2) is 42.6 Å². The molecule has 0 saturated carbocycles. The molecule has 2 aromatic heterocycles. The van der Waals surface area contributed by atoms with Crippen molar-refractivity contribution in [2.45, 2.75) is 31.4 Å². The fourth-order valence-corrected chi connectivity index (χ4v) is 3.52. The van der Waals surface area contributed by atoms with Gasteiger partial charge in [0.05, 0.1) is 5.52 Å². The Bertz CT molecular complexity index is 867. The Morgan fingerprint density at radius 3 is 2.84 bits per heavy atom.